The molecule has 3 rings (SSSR count). The van der Waals surface area contributed by atoms with Crippen LogP contribution in [0.25, 0.3) is 0 Å². The van der Waals surface area contributed by atoms with Crippen molar-refractivity contribution in [2.24, 2.45) is 10.9 Å². The molecule has 0 aliphatic heterocycles. The lowest BCUT2D eigenvalue weighted by Gasteiger charge is -2.17. The normalized spacial score (nSPS) is 18.4. The van der Waals surface area contributed by atoms with Crippen LogP contribution in [0.1, 0.15) is 44.1 Å². The largest absolute Gasteiger partial charge is 0.477 e. The summed E-state index contributed by atoms with van der Waals surface area (Å²) in [6, 6.07) is 4.60. The molecule has 23 heavy (non-hydrogen) atoms. The average molecular weight is 430 g/mol. The second-order valence-electron chi connectivity index (χ2n) is 6.31. The molecule has 1 aromatic heterocycles. The topological polar surface area (TPSA) is 58.5 Å². The molecule has 2 aliphatic carbocycles. The Balaban J connectivity index is 0.00000192. The lowest BCUT2D eigenvalue weighted by Crippen LogP contribution is -2.41. The van der Waals surface area contributed by atoms with E-state index >= 15 is 0 Å². The van der Waals surface area contributed by atoms with Crippen molar-refractivity contribution in [2.45, 2.75) is 51.1 Å². The van der Waals surface area contributed by atoms with Crippen molar-refractivity contribution in [1.29, 1.82) is 0 Å². The van der Waals surface area contributed by atoms with Crippen LogP contribution in [0.2, 0.25) is 0 Å². The van der Waals surface area contributed by atoms with Crippen molar-refractivity contribution in [3.8, 4) is 5.88 Å². The molecule has 0 radical (unpaired) electrons. The zero-order valence-corrected chi connectivity index (χ0v) is 16.1. The van der Waals surface area contributed by atoms with Crippen LogP contribution in [0.5, 0.6) is 5.88 Å². The van der Waals surface area contributed by atoms with Crippen molar-refractivity contribution < 1.29 is 4.74 Å². The maximum absolute atomic E-state index is 5.73. The molecule has 0 bridgehead atoms. The van der Waals surface area contributed by atoms with Gasteiger partial charge in [0.05, 0.1) is 6.61 Å². The molecule has 5 nitrogen and oxygen atoms in total. The summed E-state index contributed by atoms with van der Waals surface area (Å²) < 4.78 is 5.73. The molecule has 1 aromatic rings. The fourth-order valence-electron chi connectivity index (χ4n) is 2.77. The summed E-state index contributed by atoms with van der Waals surface area (Å²) in [5.74, 6) is 2.35. The van der Waals surface area contributed by atoms with Crippen LogP contribution < -0.4 is 15.4 Å². The Morgan fingerprint density at radius 1 is 1.30 bits per heavy atom. The first-order valence-electron chi connectivity index (χ1n) is 8.38. The average Bonchev–Trinajstić information content (AvgIpc) is 3.24. The molecule has 2 saturated carbocycles. The number of nitrogens with zero attached hydrogens (tertiary/aromatic N) is 2. The highest BCUT2D eigenvalue weighted by Crippen LogP contribution is 2.29. The minimum atomic E-state index is 0. The van der Waals surface area contributed by atoms with Gasteiger partial charge >= 0.3 is 0 Å². The quantitative estimate of drug-likeness (QED) is 0.414. The Hall–Kier alpha value is -1.05. The summed E-state index contributed by atoms with van der Waals surface area (Å²) in [6.07, 6.45) is 9.53. The molecule has 0 amide bonds. The van der Waals surface area contributed by atoms with E-state index in [0.29, 0.717) is 6.04 Å². The molecule has 2 fully saturated rings. The summed E-state index contributed by atoms with van der Waals surface area (Å²) in [7, 11) is 1.82. The van der Waals surface area contributed by atoms with Crippen LogP contribution in [0.3, 0.4) is 0 Å². The zero-order chi connectivity index (χ0) is 15.2. The second-order valence-corrected chi connectivity index (χ2v) is 6.31. The number of hydrogen-bond acceptors (Lipinski definition) is 3. The minimum absolute atomic E-state index is 0. The Labute approximate surface area is 155 Å². The van der Waals surface area contributed by atoms with Gasteiger partial charge in [-0.2, -0.15) is 0 Å². The molecule has 2 N–H and O–H groups in total. The van der Waals surface area contributed by atoms with Gasteiger partial charge in [0, 0.05) is 31.9 Å². The van der Waals surface area contributed by atoms with E-state index < -0.39 is 0 Å². The fourth-order valence-corrected chi connectivity index (χ4v) is 2.77. The molecular formula is C17H27IN4O. The maximum atomic E-state index is 5.73. The van der Waals surface area contributed by atoms with Crippen LogP contribution in [-0.4, -0.2) is 30.6 Å². The van der Waals surface area contributed by atoms with Crippen molar-refractivity contribution >= 4 is 29.9 Å². The fraction of sp³-hybridized carbons (Fsp3) is 0.647. The molecule has 2 aliphatic rings. The Morgan fingerprint density at radius 2 is 2.09 bits per heavy atom. The smallest absolute Gasteiger partial charge is 0.213 e. The van der Waals surface area contributed by atoms with E-state index in [0.717, 1.165) is 36.5 Å². The maximum Gasteiger partial charge on any atom is 0.213 e. The van der Waals surface area contributed by atoms with Crippen molar-refractivity contribution in [1.82, 2.24) is 15.6 Å². The lowest BCUT2D eigenvalue weighted by molar-refractivity contribution is 0.288. The number of aromatic nitrogens is 1. The number of halogens is 1. The SMILES string of the molecule is CN=C(NCc1ccnc(OCC2CC2)c1)NC1CCCC1.I. The lowest BCUT2D eigenvalue weighted by atomic mass is 10.2. The first-order valence-corrected chi connectivity index (χ1v) is 8.38. The summed E-state index contributed by atoms with van der Waals surface area (Å²) >= 11 is 0. The van der Waals surface area contributed by atoms with Crippen LogP contribution >= 0.6 is 24.0 Å². The van der Waals surface area contributed by atoms with Crippen LogP contribution in [0.4, 0.5) is 0 Å². The number of rotatable bonds is 6. The van der Waals surface area contributed by atoms with Gasteiger partial charge in [0.1, 0.15) is 0 Å². The number of guanidine groups is 1. The van der Waals surface area contributed by atoms with E-state index in [-0.39, 0.29) is 24.0 Å². The molecule has 0 saturated heterocycles. The van der Waals surface area contributed by atoms with E-state index in [1.165, 1.54) is 38.5 Å². The summed E-state index contributed by atoms with van der Waals surface area (Å²) in [5.41, 5.74) is 1.16. The molecule has 128 valence electrons. The predicted molar refractivity (Wildman–Crippen MR) is 103 cm³/mol. The van der Waals surface area contributed by atoms with E-state index in [1.807, 2.05) is 25.4 Å². The summed E-state index contributed by atoms with van der Waals surface area (Å²) in [5, 5.41) is 6.86. The highest BCUT2D eigenvalue weighted by atomic mass is 127. The van der Waals surface area contributed by atoms with E-state index in [1.54, 1.807) is 0 Å². The molecular weight excluding hydrogens is 403 g/mol. The van der Waals surface area contributed by atoms with Crippen LogP contribution in [-0.2, 0) is 6.54 Å². The molecule has 0 spiro atoms. The summed E-state index contributed by atoms with van der Waals surface area (Å²) in [6.45, 7) is 1.53. The summed E-state index contributed by atoms with van der Waals surface area (Å²) in [4.78, 5) is 8.58. The monoisotopic (exact) mass is 430 g/mol. The first-order chi connectivity index (χ1) is 10.8. The second kappa shape index (κ2) is 9.30. The molecule has 0 atom stereocenters. The number of aliphatic imine (C=N–C) groups is 1. The third-order valence-corrected chi connectivity index (χ3v) is 4.34. The van der Waals surface area contributed by atoms with Gasteiger partial charge in [0.15, 0.2) is 5.96 Å². The highest BCUT2D eigenvalue weighted by Gasteiger charge is 2.22. The highest BCUT2D eigenvalue weighted by molar-refractivity contribution is 14.0. The van der Waals surface area contributed by atoms with E-state index in [9.17, 15) is 0 Å². The van der Waals surface area contributed by atoms with Gasteiger partial charge in [-0.05, 0) is 43.2 Å². The van der Waals surface area contributed by atoms with Gasteiger partial charge in [0.2, 0.25) is 5.88 Å². The van der Waals surface area contributed by atoms with Crippen LogP contribution in [0, 0.1) is 5.92 Å². The molecule has 1 heterocycles. The van der Waals surface area contributed by atoms with E-state index in [4.69, 9.17) is 4.74 Å². The first kappa shape index (κ1) is 18.3. The Bertz CT molecular complexity index is 513. The van der Waals surface area contributed by atoms with Gasteiger partial charge in [-0.15, -0.1) is 24.0 Å². The van der Waals surface area contributed by atoms with Gasteiger partial charge in [-0.3, -0.25) is 4.99 Å². The zero-order valence-electron chi connectivity index (χ0n) is 13.8. The van der Waals surface area contributed by atoms with Crippen molar-refractivity contribution in [3.05, 3.63) is 23.9 Å². The van der Waals surface area contributed by atoms with Crippen molar-refractivity contribution in [2.75, 3.05) is 13.7 Å². The number of pyridine rings is 1. The molecule has 0 unspecified atom stereocenters. The Kier molecular flexibility index (Phi) is 7.39. The van der Waals surface area contributed by atoms with Crippen molar-refractivity contribution in [3.63, 3.8) is 0 Å². The predicted octanol–water partition coefficient (Wildman–Crippen LogP) is 3.10. The van der Waals surface area contributed by atoms with Gasteiger partial charge < -0.3 is 15.4 Å². The number of hydrogen-bond donors (Lipinski definition) is 2. The molecule has 6 heteroatoms. The number of nitrogens with one attached hydrogen (secondary N) is 2. The minimum Gasteiger partial charge on any atom is -0.477 e. The van der Waals surface area contributed by atoms with Gasteiger partial charge in [0.25, 0.3) is 0 Å². The molecule has 0 aromatic carbocycles. The Morgan fingerprint density at radius 3 is 2.78 bits per heavy atom. The third-order valence-electron chi connectivity index (χ3n) is 4.34. The van der Waals surface area contributed by atoms with Gasteiger partial charge in [-0.1, -0.05) is 12.8 Å². The van der Waals surface area contributed by atoms with Gasteiger partial charge in [-0.25, -0.2) is 4.98 Å². The third kappa shape index (κ3) is 6.16. The number of ether oxygens (including phenoxy) is 1. The standard InChI is InChI=1S/C17H26N4O.HI/c1-18-17(21-15-4-2-3-5-15)20-11-14-8-9-19-16(10-14)22-12-13-6-7-13;/h8-10,13,15H,2-7,11-12H2,1H3,(H2,18,20,21);1H. The van der Waals surface area contributed by atoms with E-state index in [2.05, 4.69) is 20.6 Å². The van der Waals surface area contributed by atoms with Crippen LogP contribution in [0.15, 0.2) is 23.3 Å².